The lowest BCUT2D eigenvalue weighted by molar-refractivity contribution is -0.121. The number of aryl methyl sites for hydroxylation is 1. The first-order valence-electron chi connectivity index (χ1n) is 7.48. The zero-order valence-electron chi connectivity index (χ0n) is 12.6. The Morgan fingerprint density at radius 1 is 1.09 bits per heavy atom. The van der Waals surface area contributed by atoms with E-state index < -0.39 is 0 Å². The molecule has 118 valence electrons. The molecule has 3 aromatic rings. The quantitative estimate of drug-likeness (QED) is 0.724. The van der Waals surface area contributed by atoms with Crippen LogP contribution >= 0.6 is 11.3 Å². The van der Waals surface area contributed by atoms with Crippen molar-refractivity contribution in [2.45, 2.75) is 19.3 Å². The Balaban J connectivity index is 1.40. The van der Waals surface area contributed by atoms with Crippen molar-refractivity contribution in [3.8, 4) is 10.8 Å². The molecule has 0 aliphatic rings. The summed E-state index contributed by atoms with van der Waals surface area (Å²) in [7, 11) is 0. The molecule has 23 heavy (non-hydrogen) atoms. The molecule has 6 heteroatoms. The van der Waals surface area contributed by atoms with Crippen LogP contribution in [0.25, 0.3) is 10.8 Å². The number of thiophene rings is 1. The highest BCUT2D eigenvalue weighted by Gasteiger charge is 2.09. The van der Waals surface area contributed by atoms with Crippen molar-refractivity contribution in [1.82, 2.24) is 15.5 Å². The molecule has 1 aromatic carbocycles. The Labute approximate surface area is 138 Å². The molecule has 0 atom stereocenters. The minimum atomic E-state index is 0.0341. The number of benzene rings is 1. The van der Waals surface area contributed by atoms with Crippen LogP contribution < -0.4 is 5.32 Å². The van der Waals surface area contributed by atoms with E-state index in [0.29, 0.717) is 31.2 Å². The smallest absolute Gasteiger partial charge is 0.257 e. The molecule has 0 radical (unpaired) electrons. The highest BCUT2D eigenvalue weighted by atomic mass is 32.1. The summed E-state index contributed by atoms with van der Waals surface area (Å²) in [5.74, 6) is 1.11. The van der Waals surface area contributed by atoms with E-state index in [1.54, 1.807) is 11.3 Å². The molecule has 0 saturated heterocycles. The molecule has 1 amide bonds. The molecule has 2 heterocycles. The maximum Gasteiger partial charge on any atom is 0.257 e. The third kappa shape index (κ3) is 4.50. The fourth-order valence-electron chi connectivity index (χ4n) is 2.15. The van der Waals surface area contributed by atoms with E-state index in [1.807, 2.05) is 47.8 Å². The molecule has 5 nitrogen and oxygen atoms in total. The fourth-order valence-corrected chi connectivity index (χ4v) is 2.80. The zero-order chi connectivity index (χ0) is 15.9. The van der Waals surface area contributed by atoms with E-state index in [4.69, 9.17) is 4.42 Å². The number of carbonyl (C=O) groups excluding carboxylic acids is 1. The van der Waals surface area contributed by atoms with Crippen molar-refractivity contribution in [3.05, 3.63) is 59.3 Å². The predicted molar refractivity (Wildman–Crippen MR) is 89.1 cm³/mol. The van der Waals surface area contributed by atoms with Gasteiger partial charge in [0.1, 0.15) is 0 Å². The normalized spacial score (nSPS) is 10.6. The number of hydrogen-bond donors (Lipinski definition) is 1. The van der Waals surface area contributed by atoms with Gasteiger partial charge in [0.05, 0.1) is 4.88 Å². The monoisotopic (exact) mass is 327 g/mol. The van der Waals surface area contributed by atoms with Crippen LogP contribution in [0.2, 0.25) is 0 Å². The Morgan fingerprint density at radius 2 is 1.96 bits per heavy atom. The minimum absolute atomic E-state index is 0.0341. The number of carbonyl (C=O) groups is 1. The van der Waals surface area contributed by atoms with Gasteiger partial charge < -0.3 is 9.73 Å². The number of nitrogens with one attached hydrogen (secondary N) is 1. The van der Waals surface area contributed by atoms with E-state index in [1.165, 1.54) is 5.56 Å². The molecule has 0 unspecified atom stereocenters. The van der Waals surface area contributed by atoms with Gasteiger partial charge in [-0.1, -0.05) is 36.4 Å². The molecule has 1 N–H and O–H groups in total. The lowest BCUT2D eigenvalue weighted by Gasteiger charge is -2.03. The second-order valence-electron chi connectivity index (χ2n) is 5.06. The highest BCUT2D eigenvalue weighted by molar-refractivity contribution is 7.13. The molecule has 0 saturated carbocycles. The van der Waals surface area contributed by atoms with Crippen LogP contribution in [0, 0.1) is 0 Å². The van der Waals surface area contributed by atoms with Crippen LogP contribution in [-0.2, 0) is 17.6 Å². The van der Waals surface area contributed by atoms with E-state index in [9.17, 15) is 4.79 Å². The van der Waals surface area contributed by atoms with Gasteiger partial charge in [0.25, 0.3) is 5.89 Å². The average molecular weight is 327 g/mol. The summed E-state index contributed by atoms with van der Waals surface area (Å²) < 4.78 is 5.58. The highest BCUT2D eigenvalue weighted by Crippen LogP contribution is 2.22. The van der Waals surface area contributed by atoms with E-state index in [2.05, 4.69) is 15.5 Å². The molecular formula is C17H17N3O2S. The zero-order valence-corrected chi connectivity index (χ0v) is 13.4. The van der Waals surface area contributed by atoms with Gasteiger partial charge in [-0.2, -0.15) is 0 Å². The van der Waals surface area contributed by atoms with Crippen LogP contribution in [0.4, 0.5) is 0 Å². The van der Waals surface area contributed by atoms with E-state index in [0.717, 1.165) is 11.3 Å². The number of aromatic nitrogens is 2. The number of nitrogens with zero attached hydrogens (tertiary/aromatic N) is 2. The lowest BCUT2D eigenvalue weighted by Crippen LogP contribution is -2.25. The van der Waals surface area contributed by atoms with Crippen LogP contribution in [-0.4, -0.2) is 22.6 Å². The van der Waals surface area contributed by atoms with E-state index in [-0.39, 0.29) is 5.91 Å². The summed E-state index contributed by atoms with van der Waals surface area (Å²) in [6, 6.07) is 13.9. The van der Waals surface area contributed by atoms with Gasteiger partial charge in [-0.05, 0) is 23.4 Å². The predicted octanol–water partition coefficient (Wildman–Crippen LogP) is 3.09. The molecule has 3 rings (SSSR count). The van der Waals surface area contributed by atoms with Crippen LogP contribution in [0.3, 0.4) is 0 Å². The van der Waals surface area contributed by atoms with Crippen molar-refractivity contribution in [1.29, 1.82) is 0 Å². The second kappa shape index (κ2) is 7.69. The summed E-state index contributed by atoms with van der Waals surface area (Å²) in [5, 5.41) is 12.9. The molecule has 0 aliphatic heterocycles. The number of rotatable bonds is 7. The summed E-state index contributed by atoms with van der Waals surface area (Å²) >= 11 is 1.56. The van der Waals surface area contributed by atoms with Gasteiger partial charge in [0.2, 0.25) is 11.8 Å². The first-order valence-corrected chi connectivity index (χ1v) is 8.36. The Morgan fingerprint density at radius 3 is 2.74 bits per heavy atom. The largest absolute Gasteiger partial charge is 0.420 e. The van der Waals surface area contributed by atoms with Gasteiger partial charge in [-0.15, -0.1) is 21.5 Å². The molecule has 0 bridgehead atoms. The average Bonchev–Trinajstić information content (AvgIpc) is 3.25. The second-order valence-corrected chi connectivity index (χ2v) is 6.01. The van der Waals surface area contributed by atoms with Gasteiger partial charge >= 0.3 is 0 Å². The first-order chi connectivity index (χ1) is 11.3. The molecule has 0 spiro atoms. The van der Waals surface area contributed by atoms with Gasteiger partial charge in [0.15, 0.2) is 0 Å². The molecular weight excluding hydrogens is 310 g/mol. The van der Waals surface area contributed by atoms with Gasteiger partial charge in [0, 0.05) is 19.4 Å². The van der Waals surface area contributed by atoms with Gasteiger partial charge in [-0.25, -0.2) is 0 Å². The van der Waals surface area contributed by atoms with Crippen molar-refractivity contribution >= 4 is 17.2 Å². The van der Waals surface area contributed by atoms with Crippen LogP contribution in [0.15, 0.2) is 52.3 Å². The van der Waals surface area contributed by atoms with E-state index >= 15 is 0 Å². The Bertz CT molecular complexity index is 738. The van der Waals surface area contributed by atoms with Crippen molar-refractivity contribution in [3.63, 3.8) is 0 Å². The summed E-state index contributed by atoms with van der Waals surface area (Å²) in [4.78, 5) is 12.8. The third-order valence-electron chi connectivity index (χ3n) is 3.34. The summed E-state index contributed by atoms with van der Waals surface area (Å²) in [5.41, 5.74) is 1.17. The fraction of sp³-hybridized carbons (Fsp3) is 0.235. The maximum atomic E-state index is 11.8. The molecule has 0 fully saturated rings. The van der Waals surface area contributed by atoms with Crippen molar-refractivity contribution in [2.24, 2.45) is 0 Å². The van der Waals surface area contributed by atoms with Crippen molar-refractivity contribution in [2.75, 3.05) is 6.54 Å². The minimum Gasteiger partial charge on any atom is -0.420 e. The number of amides is 1. The van der Waals surface area contributed by atoms with Crippen LogP contribution in [0.5, 0.6) is 0 Å². The number of hydrogen-bond acceptors (Lipinski definition) is 5. The Kier molecular flexibility index (Phi) is 5.16. The maximum absolute atomic E-state index is 11.8. The summed E-state index contributed by atoms with van der Waals surface area (Å²) in [6.45, 7) is 0.500. The third-order valence-corrected chi connectivity index (χ3v) is 4.20. The van der Waals surface area contributed by atoms with Crippen molar-refractivity contribution < 1.29 is 9.21 Å². The van der Waals surface area contributed by atoms with Gasteiger partial charge in [-0.3, -0.25) is 4.79 Å². The SMILES string of the molecule is O=C(CCc1ccccc1)NCCc1nnc(-c2cccs2)o1. The topological polar surface area (TPSA) is 68.0 Å². The molecule has 0 aliphatic carbocycles. The Hall–Kier alpha value is -2.47. The van der Waals surface area contributed by atoms with Crippen LogP contribution in [0.1, 0.15) is 17.9 Å². The first kappa shape index (κ1) is 15.4. The summed E-state index contributed by atoms with van der Waals surface area (Å²) in [6.07, 6.45) is 1.76. The standard InChI is InChI=1S/C17H17N3O2S/c21-15(9-8-13-5-2-1-3-6-13)18-11-10-16-19-20-17(22-16)14-7-4-12-23-14/h1-7,12H,8-11H2,(H,18,21). The lowest BCUT2D eigenvalue weighted by atomic mass is 10.1. The molecule has 2 aromatic heterocycles.